The Balaban J connectivity index is 2.84. The van der Waals surface area contributed by atoms with Crippen LogP contribution in [0.5, 0.6) is 0 Å². The molecule has 0 saturated carbocycles. The molecule has 1 aromatic heterocycles. The second kappa shape index (κ2) is 3.14. The highest BCUT2D eigenvalue weighted by Crippen LogP contribution is 2.00. The summed E-state index contributed by atoms with van der Waals surface area (Å²) in [5.74, 6) is 0.133. The van der Waals surface area contributed by atoms with Crippen molar-refractivity contribution in [1.29, 1.82) is 0 Å². The molecule has 0 fully saturated rings. The molecule has 0 bridgehead atoms. The van der Waals surface area contributed by atoms with Gasteiger partial charge in [0.15, 0.2) is 0 Å². The summed E-state index contributed by atoms with van der Waals surface area (Å²) in [4.78, 5) is 10.7. The molecule has 0 N–H and O–H groups in total. The van der Waals surface area contributed by atoms with Crippen LogP contribution in [-0.2, 0) is 11.2 Å². The number of carbonyl (C=O) groups excluding carboxylic acids is 1. The summed E-state index contributed by atoms with van der Waals surface area (Å²) in [6, 6.07) is 1.81. The molecule has 0 aliphatic carbocycles. The molecule has 1 rings (SSSR count). The highest BCUT2D eigenvalue weighted by molar-refractivity contribution is 5.77. The molecule has 11 heavy (non-hydrogen) atoms. The molecule has 58 valence electrons. The van der Waals surface area contributed by atoms with Gasteiger partial charge in [0.25, 0.3) is 0 Å². The van der Waals surface area contributed by atoms with E-state index in [9.17, 15) is 4.79 Å². The van der Waals surface area contributed by atoms with Crippen molar-refractivity contribution in [2.75, 3.05) is 0 Å². The van der Waals surface area contributed by atoms with E-state index in [0.29, 0.717) is 6.42 Å². The molecule has 0 amide bonds. The molecule has 0 unspecified atom stereocenters. The van der Waals surface area contributed by atoms with Crippen molar-refractivity contribution in [1.82, 2.24) is 9.78 Å². The average molecular weight is 150 g/mol. The third-order valence-electron chi connectivity index (χ3n) is 1.36. The summed E-state index contributed by atoms with van der Waals surface area (Å²) < 4.78 is 1.60. The third-order valence-corrected chi connectivity index (χ3v) is 1.36. The zero-order valence-corrected chi connectivity index (χ0v) is 6.45. The van der Waals surface area contributed by atoms with Crippen LogP contribution in [0.2, 0.25) is 0 Å². The minimum Gasteiger partial charge on any atom is -0.300 e. The van der Waals surface area contributed by atoms with Crippen LogP contribution in [-0.4, -0.2) is 15.6 Å². The Morgan fingerprint density at radius 3 is 3.18 bits per heavy atom. The number of carbonyl (C=O) groups is 1. The minimum atomic E-state index is 0.133. The first-order chi connectivity index (χ1) is 5.24. The first kappa shape index (κ1) is 7.72. The van der Waals surface area contributed by atoms with Crippen LogP contribution in [0.1, 0.15) is 12.6 Å². The number of hydrogen-bond donors (Lipinski definition) is 0. The van der Waals surface area contributed by atoms with E-state index in [0.717, 1.165) is 5.69 Å². The molecular formula is C8H10N2O. The smallest absolute Gasteiger partial charge is 0.135 e. The number of aromatic nitrogens is 2. The Bertz CT molecular complexity index is 275. The van der Waals surface area contributed by atoms with Crippen molar-refractivity contribution >= 4 is 12.0 Å². The van der Waals surface area contributed by atoms with Gasteiger partial charge in [-0.1, -0.05) is 6.58 Å². The zero-order valence-electron chi connectivity index (χ0n) is 6.45. The fourth-order valence-corrected chi connectivity index (χ4v) is 0.901. The fourth-order valence-electron chi connectivity index (χ4n) is 0.901. The van der Waals surface area contributed by atoms with Crippen molar-refractivity contribution in [3.63, 3.8) is 0 Å². The van der Waals surface area contributed by atoms with Gasteiger partial charge in [0.05, 0.1) is 5.69 Å². The maximum absolute atomic E-state index is 10.7. The van der Waals surface area contributed by atoms with Crippen molar-refractivity contribution in [3.05, 3.63) is 24.5 Å². The summed E-state index contributed by atoms with van der Waals surface area (Å²) in [7, 11) is 0. The van der Waals surface area contributed by atoms with E-state index in [1.54, 1.807) is 24.0 Å². The van der Waals surface area contributed by atoms with Gasteiger partial charge in [-0.05, 0) is 13.0 Å². The van der Waals surface area contributed by atoms with Crippen LogP contribution in [0.4, 0.5) is 0 Å². The van der Waals surface area contributed by atoms with Gasteiger partial charge < -0.3 is 0 Å². The predicted octanol–water partition coefficient (Wildman–Crippen LogP) is 1.12. The van der Waals surface area contributed by atoms with Crippen molar-refractivity contribution < 1.29 is 4.79 Å². The zero-order chi connectivity index (χ0) is 8.27. The molecule has 0 spiro atoms. The van der Waals surface area contributed by atoms with E-state index < -0.39 is 0 Å². The SMILES string of the molecule is C=Cn1nccc1CC(C)=O. The minimum absolute atomic E-state index is 0.133. The summed E-state index contributed by atoms with van der Waals surface area (Å²) in [5, 5.41) is 3.93. The third kappa shape index (κ3) is 1.77. The highest BCUT2D eigenvalue weighted by atomic mass is 16.1. The molecule has 0 aliphatic heterocycles. The largest absolute Gasteiger partial charge is 0.300 e. The van der Waals surface area contributed by atoms with E-state index in [-0.39, 0.29) is 5.78 Å². The molecule has 1 aromatic rings. The standard InChI is InChI=1S/C8H10N2O/c1-3-10-8(4-5-9-10)6-7(2)11/h3-5H,1,6H2,2H3. The van der Waals surface area contributed by atoms with Crippen molar-refractivity contribution in [3.8, 4) is 0 Å². The Hall–Kier alpha value is -1.38. The lowest BCUT2D eigenvalue weighted by atomic mass is 10.2. The second-order valence-corrected chi connectivity index (χ2v) is 2.33. The molecule has 3 nitrogen and oxygen atoms in total. The molecule has 0 aliphatic rings. The lowest BCUT2D eigenvalue weighted by Crippen LogP contribution is -2.02. The van der Waals surface area contributed by atoms with Gasteiger partial charge in [0.1, 0.15) is 5.78 Å². The van der Waals surface area contributed by atoms with Crippen molar-refractivity contribution in [2.45, 2.75) is 13.3 Å². The van der Waals surface area contributed by atoms with Gasteiger partial charge in [-0.15, -0.1) is 0 Å². The second-order valence-electron chi connectivity index (χ2n) is 2.33. The Kier molecular flexibility index (Phi) is 2.21. The van der Waals surface area contributed by atoms with Gasteiger partial charge in [-0.3, -0.25) is 4.79 Å². The molecule has 3 heteroatoms. The van der Waals surface area contributed by atoms with Crippen LogP contribution in [0.15, 0.2) is 18.8 Å². The normalized spacial score (nSPS) is 9.55. The van der Waals surface area contributed by atoms with Gasteiger partial charge >= 0.3 is 0 Å². The maximum atomic E-state index is 10.7. The lowest BCUT2D eigenvalue weighted by molar-refractivity contribution is -0.116. The van der Waals surface area contributed by atoms with Gasteiger partial charge in [0, 0.05) is 18.8 Å². The Labute approximate surface area is 65.3 Å². The summed E-state index contributed by atoms with van der Waals surface area (Å²) in [5.41, 5.74) is 0.882. The van der Waals surface area contributed by atoms with E-state index in [1.807, 2.05) is 6.07 Å². The van der Waals surface area contributed by atoms with E-state index >= 15 is 0 Å². The predicted molar refractivity (Wildman–Crippen MR) is 43.0 cm³/mol. The Morgan fingerprint density at radius 2 is 2.64 bits per heavy atom. The number of rotatable bonds is 3. The van der Waals surface area contributed by atoms with E-state index in [2.05, 4.69) is 11.7 Å². The van der Waals surface area contributed by atoms with E-state index in [1.165, 1.54) is 0 Å². The number of hydrogen-bond acceptors (Lipinski definition) is 2. The highest BCUT2D eigenvalue weighted by Gasteiger charge is 2.01. The summed E-state index contributed by atoms with van der Waals surface area (Å²) in [6.07, 6.45) is 3.66. The van der Waals surface area contributed by atoms with Crippen LogP contribution >= 0.6 is 0 Å². The monoisotopic (exact) mass is 150 g/mol. The first-order valence-corrected chi connectivity index (χ1v) is 3.38. The Morgan fingerprint density at radius 1 is 1.91 bits per heavy atom. The van der Waals surface area contributed by atoms with E-state index in [4.69, 9.17) is 0 Å². The quantitative estimate of drug-likeness (QED) is 0.647. The number of ketones is 1. The summed E-state index contributed by atoms with van der Waals surface area (Å²) >= 11 is 0. The molecular weight excluding hydrogens is 140 g/mol. The fraction of sp³-hybridized carbons (Fsp3) is 0.250. The average Bonchev–Trinajstić information content (AvgIpc) is 2.34. The summed E-state index contributed by atoms with van der Waals surface area (Å²) in [6.45, 7) is 5.12. The van der Waals surface area contributed by atoms with Crippen LogP contribution in [0.3, 0.4) is 0 Å². The maximum Gasteiger partial charge on any atom is 0.135 e. The van der Waals surface area contributed by atoms with Crippen LogP contribution < -0.4 is 0 Å². The van der Waals surface area contributed by atoms with Crippen molar-refractivity contribution in [2.24, 2.45) is 0 Å². The van der Waals surface area contributed by atoms with Crippen LogP contribution in [0.25, 0.3) is 6.20 Å². The van der Waals surface area contributed by atoms with Gasteiger partial charge in [-0.2, -0.15) is 5.10 Å². The molecule has 0 atom stereocenters. The lowest BCUT2D eigenvalue weighted by Gasteiger charge is -1.97. The molecule has 0 radical (unpaired) electrons. The van der Waals surface area contributed by atoms with Gasteiger partial charge in [-0.25, -0.2) is 4.68 Å². The van der Waals surface area contributed by atoms with Gasteiger partial charge in [0.2, 0.25) is 0 Å². The number of nitrogens with zero attached hydrogens (tertiary/aromatic N) is 2. The first-order valence-electron chi connectivity index (χ1n) is 3.38. The molecule has 0 saturated heterocycles. The topological polar surface area (TPSA) is 34.9 Å². The molecule has 0 aromatic carbocycles. The number of Topliss-reactive ketones (excluding diaryl/α,β-unsaturated/α-hetero) is 1. The molecule has 1 heterocycles. The van der Waals surface area contributed by atoms with Crippen LogP contribution in [0, 0.1) is 0 Å².